The number of halogens is 1. The fourth-order valence-corrected chi connectivity index (χ4v) is 0.743. The first-order valence-electron chi connectivity index (χ1n) is 2.08. The highest BCUT2D eigenvalue weighted by Crippen LogP contribution is 2.04. The quantitative estimate of drug-likeness (QED) is 0.354. The van der Waals surface area contributed by atoms with Gasteiger partial charge in [-0.05, 0) is 0 Å². The lowest BCUT2D eigenvalue weighted by molar-refractivity contribution is -0.541. The molecule has 1 heterocycles. The van der Waals surface area contributed by atoms with Gasteiger partial charge in [-0.3, -0.25) is 10.1 Å². The van der Waals surface area contributed by atoms with E-state index in [1.807, 2.05) is 0 Å². The van der Waals surface area contributed by atoms with E-state index in [1.54, 1.807) is 0 Å². The van der Waals surface area contributed by atoms with Crippen LogP contribution in [0.3, 0.4) is 0 Å². The molecule has 1 unspecified atom stereocenters. The van der Waals surface area contributed by atoms with Crippen LogP contribution in [0.5, 0.6) is 0 Å². The number of nitrogens with zero attached hydrogens (tertiary/aromatic N) is 3. The standard InChI is InChI=1S/C2H3BrN4O2/c3-6-1-4-5-2(6)7(8)9/h1-2,5H. The zero-order chi connectivity index (χ0) is 6.85. The summed E-state index contributed by atoms with van der Waals surface area (Å²) in [5.41, 5.74) is 2.26. The Morgan fingerprint density at radius 2 is 2.67 bits per heavy atom. The largest absolute Gasteiger partial charge is 0.390 e. The van der Waals surface area contributed by atoms with Gasteiger partial charge >= 0.3 is 6.29 Å². The van der Waals surface area contributed by atoms with Gasteiger partial charge < -0.3 is 0 Å². The highest BCUT2D eigenvalue weighted by atomic mass is 79.9. The number of hydrogen-bond donors (Lipinski definition) is 1. The third-order valence-electron chi connectivity index (χ3n) is 0.791. The van der Waals surface area contributed by atoms with E-state index in [0.29, 0.717) is 0 Å². The molecule has 0 spiro atoms. The Bertz CT molecular complexity index is 159. The SMILES string of the molecule is O=[N+]([O-])C1NN=CN1Br. The lowest BCUT2D eigenvalue weighted by Gasteiger charge is -2.06. The maximum Gasteiger partial charge on any atom is 0.390 e. The monoisotopic (exact) mass is 194 g/mol. The van der Waals surface area contributed by atoms with Crippen molar-refractivity contribution in [3.05, 3.63) is 10.1 Å². The Morgan fingerprint density at radius 1 is 2.00 bits per heavy atom. The summed E-state index contributed by atoms with van der Waals surface area (Å²) in [4.78, 5) is 9.51. The summed E-state index contributed by atoms with van der Waals surface area (Å²) in [7, 11) is 0. The molecular formula is C2H3BrN4O2. The minimum absolute atomic E-state index is 0.498. The third kappa shape index (κ3) is 1.10. The second-order valence-corrected chi connectivity index (χ2v) is 2.20. The number of hydrazone groups is 1. The first-order valence-corrected chi connectivity index (χ1v) is 2.79. The molecule has 1 aliphatic heterocycles. The molecule has 0 amide bonds. The summed E-state index contributed by atoms with van der Waals surface area (Å²) in [6, 6.07) is 0. The van der Waals surface area contributed by atoms with Crippen molar-refractivity contribution in [2.24, 2.45) is 5.10 Å². The van der Waals surface area contributed by atoms with Crippen molar-refractivity contribution in [1.29, 1.82) is 0 Å². The van der Waals surface area contributed by atoms with Crippen molar-refractivity contribution in [2.75, 3.05) is 0 Å². The van der Waals surface area contributed by atoms with Gasteiger partial charge in [0.05, 0.1) is 21.1 Å². The molecule has 1 aliphatic rings. The van der Waals surface area contributed by atoms with Crippen LogP contribution >= 0.6 is 16.1 Å². The third-order valence-corrected chi connectivity index (χ3v) is 1.36. The number of hydrogen-bond acceptors (Lipinski definition) is 5. The van der Waals surface area contributed by atoms with Crippen molar-refractivity contribution in [2.45, 2.75) is 6.29 Å². The van der Waals surface area contributed by atoms with Gasteiger partial charge in [0.25, 0.3) is 0 Å². The van der Waals surface area contributed by atoms with Gasteiger partial charge in [0.1, 0.15) is 6.34 Å². The summed E-state index contributed by atoms with van der Waals surface area (Å²) < 4.78 is 1.19. The molecule has 1 rings (SSSR count). The maximum atomic E-state index is 10.0. The molecule has 9 heavy (non-hydrogen) atoms. The van der Waals surface area contributed by atoms with Gasteiger partial charge in [0, 0.05) is 0 Å². The van der Waals surface area contributed by atoms with Crippen molar-refractivity contribution < 1.29 is 4.92 Å². The minimum atomic E-state index is -0.968. The van der Waals surface area contributed by atoms with Crippen LogP contribution in [0.15, 0.2) is 5.10 Å². The van der Waals surface area contributed by atoms with Crippen molar-refractivity contribution in [3.8, 4) is 0 Å². The van der Waals surface area contributed by atoms with Crippen LogP contribution in [0, 0.1) is 10.1 Å². The molecule has 0 aromatic carbocycles. The van der Waals surface area contributed by atoms with E-state index >= 15 is 0 Å². The second kappa shape index (κ2) is 2.18. The lowest BCUT2D eigenvalue weighted by Crippen LogP contribution is -2.37. The molecule has 0 radical (unpaired) electrons. The van der Waals surface area contributed by atoms with E-state index < -0.39 is 11.2 Å². The average molecular weight is 195 g/mol. The highest BCUT2D eigenvalue weighted by molar-refractivity contribution is 9.07. The van der Waals surface area contributed by atoms with Gasteiger partial charge in [-0.2, -0.15) is 5.10 Å². The number of rotatable bonds is 1. The molecule has 0 saturated heterocycles. The first kappa shape index (κ1) is 6.27. The van der Waals surface area contributed by atoms with E-state index in [-0.39, 0.29) is 0 Å². The first-order chi connectivity index (χ1) is 4.22. The summed E-state index contributed by atoms with van der Waals surface area (Å²) >= 11 is 2.89. The molecule has 6 nitrogen and oxygen atoms in total. The molecule has 50 valence electrons. The van der Waals surface area contributed by atoms with E-state index in [9.17, 15) is 10.1 Å². The fraction of sp³-hybridized carbons (Fsp3) is 0.500. The Labute approximate surface area is 59.0 Å². The zero-order valence-electron chi connectivity index (χ0n) is 4.19. The van der Waals surface area contributed by atoms with Crippen LogP contribution in [0.2, 0.25) is 0 Å². The molecule has 0 bridgehead atoms. The van der Waals surface area contributed by atoms with Gasteiger partial charge in [-0.15, -0.1) is 0 Å². The Hall–Kier alpha value is -0.850. The summed E-state index contributed by atoms with van der Waals surface area (Å²) in [5, 5.41) is 13.4. The molecule has 0 aromatic rings. The highest BCUT2D eigenvalue weighted by Gasteiger charge is 2.27. The van der Waals surface area contributed by atoms with Crippen LogP contribution in [0.25, 0.3) is 0 Å². The molecule has 7 heteroatoms. The maximum absolute atomic E-state index is 10.0. The molecule has 0 saturated carbocycles. The fourth-order valence-electron chi connectivity index (χ4n) is 0.411. The molecule has 1 N–H and O–H groups in total. The Kier molecular flexibility index (Phi) is 1.52. The smallest absolute Gasteiger partial charge is 0.261 e. The number of nitrogens with one attached hydrogen (secondary N) is 1. The molecule has 0 fully saturated rings. The van der Waals surface area contributed by atoms with E-state index in [1.165, 1.54) is 10.3 Å². The van der Waals surface area contributed by atoms with Crippen LogP contribution < -0.4 is 5.43 Å². The Morgan fingerprint density at radius 3 is 2.89 bits per heavy atom. The lowest BCUT2D eigenvalue weighted by atomic mass is 10.9. The van der Waals surface area contributed by atoms with Crippen LogP contribution in [0.4, 0.5) is 0 Å². The average Bonchev–Trinajstić information content (AvgIpc) is 2.13. The zero-order valence-corrected chi connectivity index (χ0v) is 5.78. The van der Waals surface area contributed by atoms with Crippen molar-refractivity contribution >= 4 is 22.5 Å². The van der Waals surface area contributed by atoms with Crippen LogP contribution in [-0.4, -0.2) is 21.5 Å². The molecule has 0 aromatic heterocycles. The Balaban J connectivity index is 2.55. The van der Waals surface area contributed by atoms with Gasteiger partial charge in [0.15, 0.2) is 0 Å². The predicted molar refractivity (Wildman–Crippen MR) is 33.2 cm³/mol. The van der Waals surface area contributed by atoms with Crippen molar-refractivity contribution in [3.63, 3.8) is 0 Å². The summed E-state index contributed by atoms with van der Waals surface area (Å²) in [5.74, 6) is 0. The van der Waals surface area contributed by atoms with E-state index in [4.69, 9.17) is 0 Å². The molecule has 0 aliphatic carbocycles. The normalized spacial score (nSPS) is 24.1. The minimum Gasteiger partial charge on any atom is -0.261 e. The van der Waals surface area contributed by atoms with Crippen LogP contribution in [0.1, 0.15) is 0 Å². The van der Waals surface area contributed by atoms with Gasteiger partial charge in [-0.25, -0.2) is 9.35 Å². The van der Waals surface area contributed by atoms with E-state index in [0.717, 1.165) is 0 Å². The predicted octanol–water partition coefficient (Wildman–Crippen LogP) is -0.295. The summed E-state index contributed by atoms with van der Waals surface area (Å²) in [6.07, 6.45) is 0.318. The van der Waals surface area contributed by atoms with Crippen LogP contribution in [-0.2, 0) is 0 Å². The van der Waals surface area contributed by atoms with Crippen molar-refractivity contribution in [1.82, 2.24) is 9.35 Å². The second-order valence-electron chi connectivity index (χ2n) is 1.38. The van der Waals surface area contributed by atoms with Gasteiger partial charge in [-0.1, -0.05) is 0 Å². The topological polar surface area (TPSA) is 70.8 Å². The molecule has 1 atom stereocenters. The van der Waals surface area contributed by atoms with Gasteiger partial charge in [0.2, 0.25) is 0 Å². The van der Waals surface area contributed by atoms with E-state index in [2.05, 4.69) is 26.7 Å². The number of nitro groups is 1. The molecular weight excluding hydrogens is 192 g/mol. The summed E-state index contributed by atoms with van der Waals surface area (Å²) in [6.45, 7) is 0.